The average Bonchev–Trinajstić information content (AvgIpc) is 1.82. The molecular weight excluding hydrogens is 196 g/mol. The molecule has 0 aromatic heterocycles. The topological polar surface area (TPSA) is 35.5 Å². The second-order valence-corrected chi connectivity index (χ2v) is 2.19. The smallest absolute Gasteiger partial charge is 0.400 e. The van der Waals surface area contributed by atoms with E-state index in [1.807, 2.05) is 0 Å². The first-order valence-corrected chi connectivity index (χ1v) is 3.31. The van der Waals surface area contributed by atoms with Crippen molar-refractivity contribution in [2.24, 2.45) is 0 Å². The van der Waals surface area contributed by atoms with E-state index < -0.39 is 24.8 Å². The van der Waals surface area contributed by atoms with Crippen LogP contribution in [0.4, 0.5) is 22.4 Å². The molecule has 7 heteroatoms. The summed E-state index contributed by atoms with van der Waals surface area (Å²) in [6.07, 6.45) is -11.0. The number of hydrogen-bond acceptors (Lipinski definition) is 3. The third kappa shape index (κ3) is 4.54. The molecule has 0 N–H and O–H groups in total. The van der Waals surface area contributed by atoms with Crippen LogP contribution in [0, 0.1) is 0 Å². The van der Waals surface area contributed by atoms with Crippen LogP contribution >= 0.6 is 0 Å². The van der Waals surface area contributed by atoms with Crippen LogP contribution in [0.5, 0.6) is 0 Å². The maximum atomic E-state index is 12.2. The van der Waals surface area contributed by atoms with Gasteiger partial charge in [-0.15, -0.1) is 0 Å². The number of halogens is 4. The second-order valence-electron chi connectivity index (χ2n) is 2.19. The lowest BCUT2D eigenvalue weighted by Gasteiger charge is -2.17. The minimum atomic E-state index is -4.30. The number of alkyl halides is 4. The first kappa shape index (κ1) is 12.0. The highest BCUT2D eigenvalue weighted by molar-refractivity contribution is 5.60. The third-order valence-corrected chi connectivity index (χ3v) is 0.941. The second kappa shape index (κ2) is 4.29. The highest BCUT2D eigenvalue weighted by atomic mass is 19.3. The maximum absolute atomic E-state index is 12.2. The van der Waals surface area contributed by atoms with Gasteiger partial charge < -0.3 is 9.47 Å². The van der Waals surface area contributed by atoms with E-state index >= 15 is 0 Å². The third-order valence-electron chi connectivity index (χ3n) is 0.941. The molecule has 0 spiro atoms. The highest BCUT2D eigenvalue weighted by Gasteiger charge is 2.42. The molecule has 0 aromatic carbocycles. The molecule has 2 atom stereocenters. The molecule has 0 aliphatic heterocycles. The minimum absolute atomic E-state index is 0.492. The normalized spacial score (nSPS) is 16.2. The lowest BCUT2D eigenvalue weighted by molar-refractivity contribution is -0.248. The first-order chi connectivity index (χ1) is 5.75. The van der Waals surface area contributed by atoms with Gasteiger partial charge in [0.25, 0.3) is 0 Å². The average molecular weight is 204 g/mol. The van der Waals surface area contributed by atoms with Gasteiger partial charge in [0.2, 0.25) is 12.5 Å². The van der Waals surface area contributed by atoms with Gasteiger partial charge in [-0.1, -0.05) is 0 Å². The zero-order valence-corrected chi connectivity index (χ0v) is 6.89. The number of hydrogen-bond donors (Lipinski definition) is 0. The Morgan fingerprint density at radius 1 is 1.31 bits per heavy atom. The minimum Gasteiger partial charge on any atom is -0.400 e. The largest absolute Gasteiger partial charge is 0.515 e. The van der Waals surface area contributed by atoms with Gasteiger partial charge in [-0.2, -0.15) is 8.78 Å². The summed E-state index contributed by atoms with van der Waals surface area (Å²) < 4.78 is 55.1. The van der Waals surface area contributed by atoms with Crippen LogP contribution in [0.3, 0.4) is 0 Å². The van der Waals surface area contributed by atoms with Crippen molar-refractivity contribution in [2.45, 2.75) is 32.5 Å². The summed E-state index contributed by atoms with van der Waals surface area (Å²) in [6.45, 7) is 1.28. The monoisotopic (exact) mass is 204 g/mol. The molecule has 0 amide bonds. The van der Waals surface area contributed by atoms with Crippen LogP contribution < -0.4 is 0 Å². The van der Waals surface area contributed by atoms with Gasteiger partial charge >= 0.3 is 12.3 Å². The molecule has 0 radical (unpaired) electrons. The van der Waals surface area contributed by atoms with Gasteiger partial charge in [0.1, 0.15) is 0 Å². The quantitative estimate of drug-likeness (QED) is 0.523. The molecule has 0 saturated heterocycles. The van der Waals surface area contributed by atoms with Gasteiger partial charge in [0.15, 0.2) is 0 Å². The Kier molecular flexibility index (Phi) is 3.96. The summed E-state index contributed by atoms with van der Waals surface area (Å²) in [4.78, 5) is 10.2. The predicted octanol–water partition coefficient (Wildman–Crippen LogP) is 2.41. The number of carbonyl (C=O) groups is 1. The van der Waals surface area contributed by atoms with Crippen LogP contribution in [0.25, 0.3) is 0 Å². The van der Waals surface area contributed by atoms with E-state index in [1.165, 1.54) is 0 Å². The van der Waals surface area contributed by atoms with Crippen LogP contribution in [-0.2, 0) is 9.47 Å². The standard InChI is InChI=1S/C6H8F4O3/c1-3(7)6(9,10)13-5(11)12-4(2)8/h3-4H,1-2H3. The zero-order valence-electron chi connectivity index (χ0n) is 6.89. The van der Waals surface area contributed by atoms with Crippen molar-refractivity contribution < 1.29 is 31.8 Å². The first-order valence-electron chi connectivity index (χ1n) is 3.31. The van der Waals surface area contributed by atoms with Gasteiger partial charge in [-0.25, -0.2) is 13.6 Å². The van der Waals surface area contributed by atoms with Gasteiger partial charge in [-0.3, -0.25) is 0 Å². The van der Waals surface area contributed by atoms with E-state index in [9.17, 15) is 22.4 Å². The van der Waals surface area contributed by atoms with E-state index in [2.05, 4.69) is 9.47 Å². The van der Waals surface area contributed by atoms with Gasteiger partial charge in [-0.05, 0) is 6.92 Å². The van der Waals surface area contributed by atoms with Crippen molar-refractivity contribution >= 4 is 6.16 Å². The number of ether oxygens (including phenoxy) is 2. The molecule has 13 heavy (non-hydrogen) atoms. The van der Waals surface area contributed by atoms with E-state index in [0.29, 0.717) is 6.92 Å². The molecule has 0 aromatic rings. The lowest BCUT2D eigenvalue weighted by Crippen LogP contribution is -2.34. The zero-order chi connectivity index (χ0) is 10.6. The summed E-state index contributed by atoms with van der Waals surface area (Å²) in [6, 6.07) is 0. The Labute approximate surface area is 71.6 Å². The van der Waals surface area contributed by atoms with E-state index in [1.54, 1.807) is 0 Å². The van der Waals surface area contributed by atoms with Gasteiger partial charge in [0.05, 0.1) is 0 Å². The lowest BCUT2D eigenvalue weighted by atomic mass is 10.4. The van der Waals surface area contributed by atoms with Crippen molar-refractivity contribution in [3.63, 3.8) is 0 Å². The van der Waals surface area contributed by atoms with Crippen molar-refractivity contribution in [3.05, 3.63) is 0 Å². The molecular formula is C6H8F4O3. The Hall–Kier alpha value is -1.01. The summed E-state index contributed by atoms with van der Waals surface area (Å²) in [5.74, 6) is 0. The summed E-state index contributed by atoms with van der Waals surface area (Å²) in [5.41, 5.74) is 0. The molecule has 2 unspecified atom stereocenters. The predicted molar refractivity (Wildman–Crippen MR) is 33.7 cm³/mol. The molecule has 0 fully saturated rings. The van der Waals surface area contributed by atoms with Crippen molar-refractivity contribution in [1.82, 2.24) is 0 Å². The van der Waals surface area contributed by atoms with E-state index in [0.717, 1.165) is 6.92 Å². The molecule has 0 aliphatic carbocycles. The summed E-state index contributed by atoms with van der Waals surface area (Å²) in [5, 5.41) is 0. The summed E-state index contributed by atoms with van der Waals surface area (Å²) >= 11 is 0. The SMILES string of the molecule is CC(F)OC(=O)OC(F)(F)C(C)F. The van der Waals surface area contributed by atoms with Crippen LogP contribution in [0.2, 0.25) is 0 Å². The molecule has 3 nitrogen and oxygen atoms in total. The number of carbonyl (C=O) groups excluding carboxylic acids is 1. The van der Waals surface area contributed by atoms with E-state index in [4.69, 9.17) is 0 Å². The molecule has 0 rings (SSSR count). The molecule has 0 bridgehead atoms. The highest BCUT2D eigenvalue weighted by Crippen LogP contribution is 2.23. The molecule has 0 aliphatic rings. The fourth-order valence-corrected chi connectivity index (χ4v) is 0.349. The summed E-state index contributed by atoms with van der Waals surface area (Å²) in [7, 11) is 0. The van der Waals surface area contributed by atoms with Crippen molar-refractivity contribution in [2.75, 3.05) is 0 Å². The van der Waals surface area contributed by atoms with Crippen LogP contribution in [0.15, 0.2) is 0 Å². The Bertz CT molecular complexity index is 181. The fraction of sp³-hybridized carbons (Fsp3) is 0.833. The molecule has 0 heterocycles. The Morgan fingerprint density at radius 3 is 2.08 bits per heavy atom. The van der Waals surface area contributed by atoms with Crippen LogP contribution in [0.1, 0.15) is 13.8 Å². The molecule has 0 saturated carbocycles. The van der Waals surface area contributed by atoms with Gasteiger partial charge in [0, 0.05) is 6.92 Å². The Morgan fingerprint density at radius 2 is 1.77 bits per heavy atom. The number of rotatable bonds is 3. The van der Waals surface area contributed by atoms with Crippen LogP contribution in [-0.4, -0.2) is 24.8 Å². The Balaban J connectivity index is 4.05. The molecule has 78 valence electrons. The fourth-order valence-electron chi connectivity index (χ4n) is 0.349. The van der Waals surface area contributed by atoms with E-state index in [-0.39, 0.29) is 0 Å². The van der Waals surface area contributed by atoms with Crippen molar-refractivity contribution in [1.29, 1.82) is 0 Å². The van der Waals surface area contributed by atoms with Crippen molar-refractivity contribution in [3.8, 4) is 0 Å². The maximum Gasteiger partial charge on any atom is 0.515 e.